The zero-order valence-corrected chi connectivity index (χ0v) is 8.60. The molecule has 1 aliphatic carbocycles. The van der Waals surface area contributed by atoms with E-state index in [-0.39, 0.29) is 18.1 Å². The minimum Gasteiger partial charge on any atom is -0.321 e. The van der Waals surface area contributed by atoms with Gasteiger partial charge in [-0.3, -0.25) is 4.39 Å². The largest absolute Gasteiger partial charge is 0.321 e. The summed E-state index contributed by atoms with van der Waals surface area (Å²) in [5.41, 5.74) is 6.87. The SMILES string of the molecule is NC1(c2ccc(Cl)cc2)CC(CF)C1. The van der Waals surface area contributed by atoms with Gasteiger partial charge in [-0.15, -0.1) is 0 Å². The predicted molar refractivity (Wildman–Crippen MR) is 56.0 cm³/mol. The maximum Gasteiger partial charge on any atom is 0.0924 e. The molecule has 0 heterocycles. The van der Waals surface area contributed by atoms with Crippen LogP contribution in [0.5, 0.6) is 0 Å². The van der Waals surface area contributed by atoms with E-state index in [0.29, 0.717) is 5.02 Å². The molecule has 1 aliphatic rings. The van der Waals surface area contributed by atoms with Gasteiger partial charge < -0.3 is 5.73 Å². The maximum absolute atomic E-state index is 12.3. The summed E-state index contributed by atoms with van der Waals surface area (Å²) in [5.74, 6) is 0.149. The molecule has 1 saturated carbocycles. The highest BCUT2D eigenvalue weighted by Crippen LogP contribution is 2.43. The maximum atomic E-state index is 12.3. The van der Waals surface area contributed by atoms with E-state index >= 15 is 0 Å². The lowest BCUT2D eigenvalue weighted by atomic mass is 9.66. The molecule has 0 aliphatic heterocycles. The molecule has 0 spiro atoms. The smallest absolute Gasteiger partial charge is 0.0924 e. The van der Waals surface area contributed by atoms with Crippen molar-refractivity contribution in [3.8, 4) is 0 Å². The van der Waals surface area contributed by atoms with Gasteiger partial charge in [-0.1, -0.05) is 23.7 Å². The van der Waals surface area contributed by atoms with Crippen molar-refractivity contribution in [1.82, 2.24) is 0 Å². The summed E-state index contributed by atoms with van der Waals surface area (Å²) in [7, 11) is 0. The Morgan fingerprint density at radius 3 is 2.43 bits per heavy atom. The second kappa shape index (κ2) is 3.52. The van der Waals surface area contributed by atoms with Crippen LogP contribution in [0.1, 0.15) is 18.4 Å². The molecule has 0 amide bonds. The van der Waals surface area contributed by atoms with Crippen molar-refractivity contribution in [3.05, 3.63) is 34.9 Å². The third-order valence-electron chi connectivity index (χ3n) is 2.94. The molecule has 76 valence electrons. The van der Waals surface area contributed by atoms with Crippen LogP contribution in [-0.4, -0.2) is 6.67 Å². The van der Waals surface area contributed by atoms with Gasteiger partial charge in [0.25, 0.3) is 0 Å². The van der Waals surface area contributed by atoms with E-state index in [1.54, 1.807) is 0 Å². The number of rotatable bonds is 2. The van der Waals surface area contributed by atoms with E-state index in [9.17, 15) is 4.39 Å². The average molecular weight is 214 g/mol. The van der Waals surface area contributed by atoms with Crippen molar-refractivity contribution in [3.63, 3.8) is 0 Å². The first kappa shape index (κ1) is 9.94. The molecule has 0 atom stereocenters. The molecular formula is C11H13ClFN. The number of alkyl halides is 1. The first-order valence-corrected chi connectivity index (χ1v) is 5.13. The summed E-state index contributed by atoms with van der Waals surface area (Å²) in [6.45, 7) is -0.257. The molecule has 0 bridgehead atoms. The first-order valence-electron chi connectivity index (χ1n) is 4.75. The Hall–Kier alpha value is -0.600. The van der Waals surface area contributed by atoms with Gasteiger partial charge in [0.1, 0.15) is 0 Å². The highest BCUT2D eigenvalue weighted by Gasteiger charge is 2.41. The topological polar surface area (TPSA) is 26.0 Å². The zero-order chi connectivity index (χ0) is 10.2. The van der Waals surface area contributed by atoms with Gasteiger partial charge in [-0.25, -0.2) is 0 Å². The third kappa shape index (κ3) is 1.64. The molecule has 0 aromatic heterocycles. The fourth-order valence-corrected chi connectivity index (χ4v) is 2.22. The number of halogens is 2. The lowest BCUT2D eigenvalue weighted by Gasteiger charge is -2.44. The van der Waals surface area contributed by atoms with E-state index in [4.69, 9.17) is 17.3 Å². The van der Waals surface area contributed by atoms with Crippen LogP contribution in [0.3, 0.4) is 0 Å². The quantitative estimate of drug-likeness (QED) is 0.803. The van der Waals surface area contributed by atoms with Gasteiger partial charge in [0.2, 0.25) is 0 Å². The fraction of sp³-hybridized carbons (Fsp3) is 0.455. The Balaban J connectivity index is 2.13. The normalized spacial score (nSPS) is 31.2. The number of benzene rings is 1. The Morgan fingerprint density at radius 1 is 1.36 bits per heavy atom. The van der Waals surface area contributed by atoms with Crippen molar-refractivity contribution < 1.29 is 4.39 Å². The Labute approximate surface area is 88.1 Å². The molecule has 1 aromatic rings. The minimum atomic E-state index is -0.318. The fourth-order valence-electron chi connectivity index (χ4n) is 2.10. The minimum absolute atomic E-state index is 0.149. The van der Waals surface area contributed by atoms with E-state index in [1.807, 2.05) is 24.3 Å². The predicted octanol–water partition coefficient (Wildman–Crippen LogP) is 2.87. The van der Waals surface area contributed by atoms with E-state index in [1.165, 1.54) is 0 Å². The Morgan fingerprint density at radius 2 is 1.93 bits per heavy atom. The molecule has 1 aromatic carbocycles. The molecule has 0 radical (unpaired) electrons. The molecule has 1 fully saturated rings. The van der Waals surface area contributed by atoms with Crippen molar-refractivity contribution in [1.29, 1.82) is 0 Å². The van der Waals surface area contributed by atoms with E-state index < -0.39 is 0 Å². The number of nitrogens with two attached hydrogens (primary N) is 1. The lowest BCUT2D eigenvalue weighted by molar-refractivity contribution is 0.119. The van der Waals surface area contributed by atoms with E-state index in [0.717, 1.165) is 18.4 Å². The van der Waals surface area contributed by atoms with Gasteiger partial charge in [0.15, 0.2) is 0 Å². The Bertz CT molecular complexity index is 317. The summed E-state index contributed by atoms with van der Waals surface area (Å²) >= 11 is 5.78. The Kier molecular flexibility index (Phi) is 2.50. The summed E-state index contributed by atoms with van der Waals surface area (Å²) in [6.07, 6.45) is 1.48. The summed E-state index contributed by atoms with van der Waals surface area (Å²) < 4.78 is 12.3. The van der Waals surface area contributed by atoms with E-state index in [2.05, 4.69) is 0 Å². The van der Waals surface area contributed by atoms with Crippen LogP contribution in [0.25, 0.3) is 0 Å². The van der Waals surface area contributed by atoms with Crippen molar-refractivity contribution in [2.24, 2.45) is 11.7 Å². The third-order valence-corrected chi connectivity index (χ3v) is 3.20. The summed E-state index contributed by atoms with van der Waals surface area (Å²) in [5, 5.41) is 0.707. The standard InChI is InChI=1S/C11H13ClFN/c12-10-3-1-9(2-4-10)11(14)5-8(6-11)7-13/h1-4,8H,5-7,14H2. The second-order valence-corrected chi connectivity index (χ2v) is 4.53. The first-order chi connectivity index (χ1) is 6.64. The van der Waals surface area contributed by atoms with Crippen molar-refractivity contribution in [2.75, 3.05) is 6.67 Å². The number of hydrogen-bond acceptors (Lipinski definition) is 1. The molecule has 1 nitrogen and oxygen atoms in total. The van der Waals surface area contributed by atoms with Gasteiger partial charge in [0.05, 0.1) is 6.67 Å². The van der Waals surface area contributed by atoms with Gasteiger partial charge in [-0.2, -0.15) is 0 Å². The average Bonchev–Trinajstić information content (AvgIpc) is 2.14. The second-order valence-electron chi connectivity index (χ2n) is 4.09. The molecule has 3 heteroatoms. The van der Waals surface area contributed by atoms with Crippen LogP contribution < -0.4 is 5.73 Å². The van der Waals surface area contributed by atoms with Crippen LogP contribution in [0, 0.1) is 5.92 Å². The van der Waals surface area contributed by atoms with Gasteiger partial charge >= 0.3 is 0 Å². The highest BCUT2D eigenvalue weighted by molar-refractivity contribution is 6.30. The molecule has 14 heavy (non-hydrogen) atoms. The number of hydrogen-bond donors (Lipinski definition) is 1. The summed E-state index contributed by atoms with van der Waals surface area (Å²) in [6, 6.07) is 7.51. The molecule has 2 rings (SSSR count). The molecule has 0 saturated heterocycles. The van der Waals surface area contributed by atoms with Crippen LogP contribution in [0.15, 0.2) is 24.3 Å². The van der Waals surface area contributed by atoms with Crippen molar-refractivity contribution >= 4 is 11.6 Å². The highest BCUT2D eigenvalue weighted by atomic mass is 35.5. The van der Waals surface area contributed by atoms with Crippen LogP contribution in [0.2, 0.25) is 5.02 Å². The summed E-state index contributed by atoms with van der Waals surface area (Å²) in [4.78, 5) is 0. The molecule has 2 N–H and O–H groups in total. The van der Waals surface area contributed by atoms with Gasteiger partial charge in [0, 0.05) is 10.6 Å². The zero-order valence-electron chi connectivity index (χ0n) is 7.84. The van der Waals surface area contributed by atoms with Crippen LogP contribution in [-0.2, 0) is 5.54 Å². The van der Waals surface area contributed by atoms with Crippen LogP contribution in [0.4, 0.5) is 4.39 Å². The molecular weight excluding hydrogens is 201 g/mol. The molecule has 0 unspecified atom stereocenters. The van der Waals surface area contributed by atoms with Crippen LogP contribution >= 0.6 is 11.6 Å². The van der Waals surface area contributed by atoms with Gasteiger partial charge in [-0.05, 0) is 36.5 Å². The van der Waals surface area contributed by atoms with Crippen molar-refractivity contribution in [2.45, 2.75) is 18.4 Å². The lowest BCUT2D eigenvalue weighted by Crippen LogP contribution is -2.49. The monoisotopic (exact) mass is 213 g/mol.